The summed E-state index contributed by atoms with van der Waals surface area (Å²) in [6.07, 6.45) is 6.20. The molecule has 2 bridgehead atoms. The van der Waals surface area contributed by atoms with Crippen LogP contribution in [-0.2, 0) is 21.6 Å². The maximum atomic E-state index is 14.2. The second kappa shape index (κ2) is 5.19. The van der Waals surface area contributed by atoms with E-state index in [1.54, 1.807) is 13.0 Å². The lowest BCUT2D eigenvalue weighted by atomic mass is 9.73. The molecule has 1 aromatic rings. The molecule has 0 radical (unpaired) electrons. The van der Waals surface area contributed by atoms with Crippen molar-refractivity contribution in [3.63, 3.8) is 0 Å². The number of carbonyl (C=O) groups excluding carboxylic acids is 1. The Bertz CT molecular complexity index is 680. The van der Waals surface area contributed by atoms with E-state index in [1.165, 1.54) is 25.3 Å². The van der Waals surface area contributed by atoms with E-state index in [-0.39, 0.29) is 11.8 Å². The monoisotopic (exact) mass is 314 g/mol. The molecule has 3 aliphatic carbocycles. The fraction of sp³-hybridized carbons (Fsp3) is 0.550. The minimum absolute atomic E-state index is 0.168. The van der Waals surface area contributed by atoms with E-state index in [9.17, 15) is 9.18 Å². The second-order valence-corrected chi connectivity index (χ2v) is 7.61. The smallest absolute Gasteiger partial charge is 0.334 e. The van der Waals surface area contributed by atoms with Crippen molar-refractivity contribution in [3.8, 4) is 0 Å². The van der Waals surface area contributed by atoms with Gasteiger partial charge in [-0.15, -0.1) is 0 Å². The Hall–Kier alpha value is -1.64. The van der Waals surface area contributed by atoms with Gasteiger partial charge in [-0.3, -0.25) is 0 Å². The first-order chi connectivity index (χ1) is 11.0. The van der Waals surface area contributed by atoms with Gasteiger partial charge in [-0.2, -0.15) is 0 Å². The van der Waals surface area contributed by atoms with Gasteiger partial charge in [0.05, 0.1) is 0 Å². The van der Waals surface area contributed by atoms with Gasteiger partial charge in [0.25, 0.3) is 0 Å². The van der Waals surface area contributed by atoms with Crippen molar-refractivity contribution < 1.29 is 13.9 Å². The number of hydrogen-bond acceptors (Lipinski definition) is 2. The van der Waals surface area contributed by atoms with Gasteiger partial charge in [-0.1, -0.05) is 25.1 Å². The molecule has 122 valence electrons. The van der Waals surface area contributed by atoms with Gasteiger partial charge in [-0.25, -0.2) is 9.18 Å². The Morgan fingerprint density at radius 2 is 2.17 bits per heavy atom. The third-order valence-corrected chi connectivity index (χ3v) is 6.28. The molecule has 1 aromatic carbocycles. The van der Waals surface area contributed by atoms with Gasteiger partial charge >= 0.3 is 5.97 Å². The Morgan fingerprint density at radius 1 is 1.35 bits per heavy atom. The van der Waals surface area contributed by atoms with Crippen molar-refractivity contribution in [2.24, 2.45) is 17.8 Å². The average Bonchev–Trinajstić information content (AvgIpc) is 3.22. The highest BCUT2D eigenvalue weighted by atomic mass is 19.1. The molecule has 0 spiro atoms. The Morgan fingerprint density at radius 3 is 2.83 bits per heavy atom. The molecule has 2 nitrogen and oxygen atoms in total. The molecule has 2 saturated carbocycles. The number of ether oxygens (including phenoxy) is 1. The molecular weight excluding hydrogens is 291 g/mol. The SMILES string of the molecule is C=C(C)C(=O)OC1(C2CC3CCC2C3)CCc2c(F)cccc21. The average molecular weight is 314 g/mol. The third-order valence-electron chi connectivity index (χ3n) is 6.28. The van der Waals surface area contributed by atoms with E-state index in [2.05, 4.69) is 6.58 Å². The molecular formula is C20H23FO2. The molecule has 3 aliphatic rings. The zero-order valence-electron chi connectivity index (χ0n) is 13.6. The van der Waals surface area contributed by atoms with Crippen molar-refractivity contribution in [2.45, 2.75) is 51.0 Å². The molecule has 0 N–H and O–H groups in total. The lowest BCUT2D eigenvalue weighted by Crippen LogP contribution is -2.41. The van der Waals surface area contributed by atoms with Crippen molar-refractivity contribution in [2.75, 3.05) is 0 Å². The predicted molar refractivity (Wildman–Crippen MR) is 86.2 cm³/mol. The third kappa shape index (κ3) is 2.16. The van der Waals surface area contributed by atoms with E-state index >= 15 is 0 Å². The van der Waals surface area contributed by atoms with Crippen LogP contribution in [0.3, 0.4) is 0 Å². The highest BCUT2D eigenvalue weighted by molar-refractivity contribution is 5.87. The normalized spacial score (nSPS) is 34.4. The van der Waals surface area contributed by atoms with Gasteiger partial charge in [0.2, 0.25) is 0 Å². The summed E-state index contributed by atoms with van der Waals surface area (Å²) in [5.74, 6) is 1.17. The van der Waals surface area contributed by atoms with Gasteiger partial charge in [0, 0.05) is 17.1 Å². The summed E-state index contributed by atoms with van der Waals surface area (Å²) in [6.45, 7) is 5.41. The largest absolute Gasteiger partial charge is 0.451 e. The molecule has 4 rings (SSSR count). The number of benzene rings is 1. The number of rotatable bonds is 3. The maximum Gasteiger partial charge on any atom is 0.334 e. The van der Waals surface area contributed by atoms with Crippen molar-refractivity contribution in [1.29, 1.82) is 0 Å². The van der Waals surface area contributed by atoms with Crippen LogP contribution >= 0.6 is 0 Å². The fourth-order valence-corrected chi connectivity index (χ4v) is 5.29. The summed E-state index contributed by atoms with van der Waals surface area (Å²) in [6, 6.07) is 5.22. The maximum absolute atomic E-state index is 14.2. The summed E-state index contributed by atoms with van der Waals surface area (Å²) in [5, 5.41) is 0. The van der Waals surface area contributed by atoms with Crippen molar-refractivity contribution in [1.82, 2.24) is 0 Å². The molecule has 0 saturated heterocycles. The highest BCUT2D eigenvalue weighted by Gasteiger charge is 2.56. The molecule has 0 aliphatic heterocycles. The molecule has 4 atom stereocenters. The zero-order valence-corrected chi connectivity index (χ0v) is 13.6. The van der Waals surface area contributed by atoms with E-state index in [0.717, 1.165) is 23.5 Å². The number of halogens is 1. The van der Waals surface area contributed by atoms with E-state index in [0.29, 0.717) is 30.3 Å². The Kier molecular flexibility index (Phi) is 3.36. The second-order valence-electron chi connectivity index (χ2n) is 7.61. The van der Waals surface area contributed by atoms with Crippen molar-refractivity contribution in [3.05, 3.63) is 47.3 Å². The van der Waals surface area contributed by atoms with Crippen LogP contribution in [0, 0.1) is 23.6 Å². The van der Waals surface area contributed by atoms with Crippen LogP contribution in [0.15, 0.2) is 30.4 Å². The molecule has 3 heteroatoms. The quantitative estimate of drug-likeness (QED) is 0.605. The fourth-order valence-electron chi connectivity index (χ4n) is 5.29. The summed E-state index contributed by atoms with van der Waals surface area (Å²) in [7, 11) is 0. The Labute approximate surface area is 136 Å². The minimum atomic E-state index is -0.646. The van der Waals surface area contributed by atoms with E-state index < -0.39 is 5.60 Å². The van der Waals surface area contributed by atoms with Crippen LogP contribution in [0.5, 0.6) is 0 Å². The van der Waals surface area contributed by atoms with Crippen LogP contribution in [0.4, 0.5) is 4.39 Å². The first-order valence-electron chi connectivity index (χ1n) is 8.68. The molecule has 0 heterocycles. The topological polar surface area (TPSA) is 26.3 Å². The van der Waals surface area contributed by atoms with Crippen LogP contribution in [0.25, 0.3) is 0 Å². The standard InChI is InChI=1S/C20H23FO2/c1-12(2)19(22)23-20(17-11-13-6-7-14(17)10-13)9-8-15-16(20)4-3-5-18(15)21/h3-5,13-14,17H,1,6-11H2,2H3. The van der Waals surface area contributed by atoms with Crippen molar-refractivity contribution >= 4 is 5.97 Å². The number of carbonyl (C=O) groups is 1. The summed E-state index contributed by atoms with van der Waals surface area (Å²) in [5.41, 5.74) is 1.42. The summed E-state index contributed by atoms with van der Waals surface area (Å²) >= 11 is 0. The van der Waals surface area contributed by atoms with Gasteiger partial charge < -0.3 is 4.74 Å². The molecule has 23 heavy (non-hydrogen) atoms. The highest BCUT2D eigenvalue weighted by Crippen LogP contribution is 2.59. The van der Waals surface area contributed by atoms with Crippen LogP contribution in [-0.4, -0.2) is 5.97 Å². The van der Waals surface area contributed by atoms with Crippen LogP contribution in [0.2, 0.25) is 0 Å². The molecule has 2 fully saturated rings. The molecule has 4 unspecified atom stereocenters. The van der Waals surface area contributed by atoms with E-state index in [4.69, 9.17) is 4.74 Å². The molecule has 0 aromatic heterocycles. The number of fused-ring (bicyclic) bond motifs is 3. The first-order valence-corrected chi connectivity index (χ1v) is 8.68. The van der Waals surface area contributed by atoms with Gasteiger partial charge in [-0.05, 0) is 62.5 Å². The first kappa shape index (κ1) is 14.9. The number of esters is 1. The Balaban J connectivity index is 1.79. The van der Waals surface area contributed by atoms with Gasteiger partial charge in [0.1, 0.15) is 11.4 Å². The van der Waals surface area contributed by atoms with E-state index in [1.807, 2.05) is 6.07 Å². The molecule has 0 amide bonds. The summed E-state index contributed by atoms with van der Waals surface area (Å²) in [4.78, 5) is 12.3. The lowest BCUT2D eigenvalue weighted by molar-refractivity contribution is -0.166. The van der Waals surface area contributed by atoms with Crippen LogP contribution in [0.1, 0.15) is 50.2 Å². The number of hydrogen-bond donors (Lipinski definition) is 0. The minimum Gasteiger partial charge on any atom is -0.451 e. The summed E-state index contributed by atoms with van der Waals surface area (Å²) < 4.78 is 20.3. The predicted octanol–water partition coefficient (Wildman–Crippen LogP) is 4.52. The zero-order chi connectivity index (χ0) is 16.2. The van der Waals surface area contributed by atoms with Gasteiger partial charge in [0.15, 0.2) is 0 Å². The van der Waals surface area contributed by atoms with Crippen LogP contribution < -0.4 is 0 Å². The lowest BCUT2D eigenvalue weighted by Gasteiger charge is -2.40.